The van der Waals surface area contributed by atoms with Gasteiger partial charge in [0, 0.05) is 5.37 Å². The minimum absolute atomic E-state index is 0.349. The molecule has 0 rings (SSSR count). The van der Waals surface area contributed by atoms with Crippen LogP contribution < -0.4 is 5.32 Å². The molecule has 0 saturated heterocycles. The van der Waals surface area contributed by atoms with E-state index < -0.39 is 0 Å². The third-order valence-corrected chi connectivity index (χ3v) is 1.15. The number of hydrogen-bond donors (Lipinski definition) is 2. The van der Waals surface area contributed by atoms with Crippen LogP contribution in [0.1, 0.15) is 26.7 Å². The smallest absolute Gasteiger partial charge is 0.0473 e. The lowest BCUT2D eigenvalue weighted by molar-refractivity contribution is 0.640. The third kappa shape index (κ3) is 6.31. The van der Waals surface area contributed by atoms with Crippen LogP contribution in [0.3, 0.4) is 0 Å². The number of unbranched alkanes of at least 4 members (excludes halogenated alkanes) is 1. The summed E-state index contributed by atoms with van der Waals surface area (Å²) in [6, 6.07) is 0. The van der Waals surface area contributed by atoms with Crippen molar-refractivity contribution >= 4 is 12.6 Å². The molecule has 0 aliphatic rings. The summed E-state index contributed by atoms with van der Waals surface area (Å²) in [5.74, 6) is 0. The van der Waals surface area contributed by atoms with Gasteiger partial charge in [0.25, 0.3) is 0 Å². The molecule has 0 fully saturated rings. The van der Waals surface area contributed by atoms with Crippen LogP contribution in [0.25, 0.3) is 0 Å². The van der Waals surface area contributed by atoms with Crippen molar-refractivity contribution in [3.8, 4) is 0 Å². The second-order valence-corrected chi connectivity index (χ2v) is 2.76. The van der Waals surface area contributed by atoms with Crippen molar-refractivity contribution in [1.82, 2.24) is 5.32 Å². The van der Waals surface area contributed by atoms with E-state index in [1.807, 2.05) is 6.92 Å². The summed E-state index contributed by atoms with van der Waals surface area (Å²) < 4.78 is 0. The minimum atomic E-state index is 0.349. The molecule has 50 valence electrons. The highest BCUT2D eigenvalue weighted by molar-refractivity contribution is 7.80. The Balaban J connectivity index is 2.72. The van der Waals surface area contributed by atoms with Crippen LogP contribution >= 0.6 is 12.6 Å². The Morgan fingerprint density at radius 3 is 2.62 bits per heavy atom. The van der Waals surface area contributed by atoms with E-state index in [-0.39, 0.29) is 0 Å². The van der Waals surface area contributed by atoms with Crippen LogP contribution in [0.15, 0.2) is 0 Å². The molecule has 0 saturated carbocycles. The lowest BCUT2D eigenvalue weighted by Crippen LogP contribution is -2.21. The van der Waals surface area contributed by atoms with Gasteiger partial charge in [0.1, 0.15) is 0 Å². The standard InChI is InChI=1S/C6H15NS/c1-3-4-5-7-6(2)8/h6-8H,3-5H2,1-2H3. The van der Waals surface area contributed by atoms with Gasteiger partial charge in [-0.05, 0) is 19.9 Å². The molecular formula is C6H15NS. The van der Waals surface area contributed by atoms with Crippen molar-refractivity contribution in [3.63, 3.8) is 0 Å². The number of nitrogens with one attached hydrogen (secondary N) is 1. The molecule has 0 aromatic carbocycles. The van der Waals surface area contributed by atoms with Crippen molar-refractivity contribution < 1.29 is 0 Å². The predicted octanol–water partition coefficient (Wildman–Crippen LogP) is 1.65. The topological polar surface area (TPSA) is 12.0 Å². The summed E-state index contributed by atoms with van der Waals surface area (Å²) >= 11 is 4.16. The molecular weight excluding hydrogens is 118 g/mol. The highest BCUT2D eigenvalue weighted by atomic mass is 32.1. The van der Waals surface area contributed by atoms with E-state index in [1.165, 1.54) is 12.8 Å². The Morgan fingerprint density at radius 1 is 1.62 bits per heavy atom. The van der Waals surface area contributed by atoms with Crippen LogP contribution in [0.5, 0.6) is 0 Å². The lowest BCUT2D eigenvalue weighted by Gasteiger charge is -2.04. The van der Waals surface area contributed by atoms with Gasteiger partial charge in [-0.15, -0.1) is 0 Å². The van der Waals surface area contributed by atoms with Gasteiger partial charge in [-0.25, -0.2) is 0 Å². The molecule has 0 aromatic rings. The van der Waals surface area contributed by atoms with E-state index in [4.69, 9.17) is 0 Å². The van der Waals surface area contributed by atoms with Gasteiger partial charge in [0.15, 0.2) is 0 Å². The predicted molar refractivity (Wildman–Crippen MR) is 41.4 cm³/mol. The van der Waals surface area contributed by atoms with Gasteiger partial charge in [-0.2, -0.15) is 12.6 Å². The van der Waals surface area contributed by atoms with Crippen LogP contribution in [0.2, 0.25) is 0 Å². The van der Waals surface area contributed by atoms with Gasteiger partial charge in [-0.1, -0.05) is 13.3 Å². The minimum Gasteiger partial charge on any atom is -0.306 e. The summed E-state index contributed by atoms with van der Waals surface area (Å²) in [4.78, 5) is 0. The maximum absolute atomic E-state index is 4.16. The maximum atomic E-state index is 4.16. The molecule has 0 heterocycles. The van der Waals surface area contributed by atoms with E-state index >= 15 is 0 Å². The SMILES string of the molecule is CCCCNC(C)S. The van der Waals surface area contributed by atoms with E-state index in [9.17, 15) is 0 Å². The molecule has 0 aromatic heterocycles. The third-order valence-electron chi connectivity index (χ3n) is 0.970. The van der Waals surface area contributed by atoms with E-state index in [0.29, 0.717) is 5.37 Å². The first-order valence-corrected chi connectivity index (χ1v) is 3.70. The summed E-state index contributed by atoms with van der Waals surface area (Å²) in [7, 11) is 0. The molecule has 2 heteroatoms. The fourth-order valence-electron chi connectivity index (χ4n) is 0.488. The van der Waals surface area contributed by atoms with Crippen LogP contribution in [-0.4, -0.2) is 11.9 Å². The first-order chi connectivity index (χ1) is 3.77. The average molecular weight is 133 g/mol. The fourth-order valence-corrected chi connectivity index (χ4v) is 0.617. The number of rotatable bonds is 4. The zero-order chi connectivity index (χ0) is 6.41. The number of thiol groups is 1. The second kappa shape index (κ2) is 5.45. The van der Waals surface area contributed by atoms with Crippen molar-refractivity contribution in [2.24, 2.45) is 0 Å². The molecule has 0 spiro atoms. The zero-order valence-corrected chi connectivity index (χ0v) is 6.54. The van der Waals surface area contributed by atoms with Crippen molar-refractivity contribution in [1.29, 1.82) is 0 Å². The quantitative estimate of drug-likeness (QED) is 0.337. The Morgan fingerprint density at radius 2 is 2.25 bits per heavy atom. The molecule has 0 bridgehead atoms. The first kappa shape index (κ1) is 8.31. The molecule has 0 aliphatic heterocycles. The molecule has 1 atom stereocenters. The van der Waals surface area contributed by atoms with E-state index in [0.717, 1.165) is 6.54 Å². The van der Waals surface area contributed by atoms with Crippen LogP contribution in [0.4, 0.5) is 0 Å². The summed E-state index contributed by atoms with van der Waals surface area (Å²) in [6.45, 7) is 5.32. The first-order valence-electron chi connectivity index (χ1n) is 3.18. The van der Waals surface area contributed by atoms with Crippen LogP contribution in [0, 0.1) is 0 Å². The lowest BCUT2D eigenvalue weighted by atomic mass is 10.3. The largest absolute Gasteiger partial charge is 0.306 e. The Bertz CT molecular complexity index is 45.8. The average Bonchev–Trinajstić information content (AvgIpc) is 1.66. The monoisotopic (exact) mass is 133 g/mol. The van der Waals surface area contributed by atoms with Crippen LogP contribution in [-0.2, 0) is 0 Å². The fraction of sp³-hybridized carbons (Fsp3) is 1.00. The molecule has 0 amide bonds. The number of hydrogen-bond acceptors (Lipinski definition) is 2. The summed E-state index contributed by atoms with van der Waals surface area (Å²) in [6.07, 6.45) is 2.51. The van der Waals surface area contributed by atoms with Gasteiger partial charge in [0.2, 0.25) is 0 Å². The Labute approximate surface area is 57.3 Å². The zero-order valence-electron chi connectivity index (χ0n) is 5.65. The molecule has 1 N–H and O–H groups in total. The van der Waals surface area contributed by atoms with Gasteiger partial charge in [-0.3, -0.25) is 0 Å². The molecule has 0 radical (unpaired) electrons. The van der Waals surface area contributed by atoms with Gasteiger partial charge < -0.3 is 5.32 Å². The second-order valence-electron chi connectivity index (χ2n) is 1.98. The maximum Gasteiger partial charge on any atom is 0.0473 e. The normalized spacial score (nSPS) is 13.9. The summed E-state index contributed by atoms with van der Waals surface area (Å²) in [5, 5.41) is 3.56. The Kier molecular flexibility index (Phi) is 5.66. The highest BCUT2D eigenvalue weighted by Gasteiger charge is 1.88. The van der Waals surface area contributed by atoms with Gasteiger partial charge >= 0.3 is 0 Å². The molecule has 1 nitrogen and oxygen atoms in total. The van der Waals surface area contributed by atoms with Gasteiger partial charge in [0.05, 0.1) is 0 Å². The van der Waals surface area contributed by atoms with Crippen molar-refractivity contribution in [3.05, 3.63) is 0 Å². The summed E-state index contributed by atoms with van der Waals surface area (Å²) in [5.41, 5.74) is 0. The Hall–Kier alpha value is 0.310. The van der Waals surface area contributed by atoms with E-state index in [1.54, 1.807) is 0 Å². The van der Waals surface area contributed by atoms with Crippen molar-refractivity contribution in [2.75, 3.05) is 6.54 Å². The molecule has 8 heavy (non-hydrogen) atoms. The molecule has 0 aliphatic carbocycles. The molecule has 1 unspecified atom stereocenters. The van der Waals surface area contributed by atoms with E-state index in [2.05, 4.69) is 24.9 Å². The highest BCUT2D eigenvalue weighted by Crippen LogP contribution is 1.88. The van der Waals surface area contributed by atoms with Crippen molar-refractivity contribution in [2.45, 2.75) is 32.1 Å².